The van der Waals surface area contributed by atoms with Gasteiger partial charge in [-0.25, -0.2) is 4.79 Å². The number of esters is 1. The van der Waals surface area contributed by atoms with Crippen molar-refractivity contribution in [2.75, 3.05) is 18.6 Å². The lowest BCUT2D eigenvalue weighted by atomic mass is 9.93. The minimum Gasteiger partial charge on any atom is -0.468 e. The summed E-state index contributed by atoms with van der Waals surface area (Å²) in [6.45, 7) is -0.562. The Labute approximate surface area is 192 Å². The summed E-state index contributed by atoms with van der Waals surface area (Å²) in [5.74, 6) is -1.09. The van der Waals surface area contributed by atoms with Gasteiger partial charge in [0.15, 0.2) is 5.78 Å². The van der Waals surface area contributed by atoms with Crippen LogP contribution in [0.25, 0.3) is 0 Å². The number of alkyl halides is 3. The van der Waals surface area contributed by atoms with Crippen molar-refractivity contribution in [2.24, 2.45) is 0 Å². The maximum Gasteiger partial charge on any atom is 0.416 e. The molecular formula is C24H16F3N3O4. The van der Waals surface area contributed by atoms with Crippen molar-refractivity contribution in [1.29, 1.82) is 5.26 Å². The second-order valence-electron chi connectivity index (χ2n) is 7.62. The molecule has 0 aromatic heterocycles. The minimum absolute atomic E-state index is 0.0516. The van der Waals surface area contributed by atoms with Gasteiger partial charge >= 0.3 is 18.2 Å². The fourth-order valence-corrected chi connectivity index (χ4v) is 4.11. The second-order valence-corrected chi connectivity index (χ2v) is 7.62. The summed E-state index contributed by atoms with van der Waals surface area (Å²) in [5, 5.41) is 9.04. The standard InChI is InChI=1S/C24H16F3N3O4/c1-34-20(32)13-29-22(15-7-5-14(12-28)6-8-15)21-18(9-10-19(21)31)30(23(29)33)17-4-2-3-16(11-17)24(25,26)27/h2-5,7,11,22H,9-10,13H2,1H3. The third kappa shape index (κ3) is 3.95. The molecule has 7 nitrogen and oxygen atoms in total. The van der Waals surface area contributed by atoms with E-state index in [-0.39, 0.29) is 41.1 Å². The van der Waals surface area contributed by atoms with E-state index in [0.29, 0.717) is 5.56 Å². The van der Waals surface area contributed by atoms with Gasteiger partial charge in [-0.2, -0.15) is 18.4 Å². The van der Waals surface area contributed by atoms with Crippen LogP contribution in [-0.4, -0.2) is 36.3 Å². The molecule has 1 aliphatic carbocycles. The molecule has 172 valence electrons. The number of hydrogen-bond donors (Lipinski definition) is 0. The molecule has 34 heavy (non-hydrogen) atoms. The number of Topliss-reactive ketones (excluding diaryl/α,β-unsaturated/α-hetero) is 1. The summed E-state index contributed by atoms with van der Waals surface area (Å²) >= 11 is 0. The van der Waals surface area contributed by atoms with Gasteiger partial charge in [-0.1, -0.05) is 18.2 Å². The van der Waals surface area contributed by atoms with E-state index in [9.17, 15) is 27.6 Å². The summed E-state index contributed by atoms with van der Waals surface area (Å²) in [4.78, 5) is 40.8. The minimum atomic E-state index is -4.64. The van der Waals surface area contributed by atoms with Crippen molar-refractivity contribution in [3.63, 3.8) is 0 Å². The molecule has 2 aromatic rings. The zero-order valence-corrected chi connectivity index (χ0v) is 17.8. The van der Waals surface area contributed by atoms with Gasteiger partial charge in [0.2, 0.25) is 0 Å². The highest BCUT2D eigenvalue weighted by Crippen LogP contribution is 2.45. The number of anilines is 1. The number of ether oxygens (including phenoxy) is 1. The Hall–Kier alpha value is -4.31. The number of carbonyl (C=O) groups is 3. The molecule has 10 heteroatoms. The number of ketones is 1. The van der Waals surface area contributed by atoms with E-state index < -0.39 is 36.3 Å². The van der Waals surface area contributed by atoms with Crippen LogP contribution in [0.4, 0.5) is 23.7 Å². The van der Waals surface area contributed by atoms with E-state index in [1.54, 1.807) is 0 Å². The number of nitriles is 1. The highest BCUT2D eigenvalue weighted by molar-refractivity contribution is 6.08. The van der Waals surface area contributed by atoms with Crippen LogP contribution in [0.2, 0.25) is 0 Å². The highest BCUT2D eigenvalue weighted by atomic mass is 19.4. The Morgan fingerprint density at radius 1 is 1.21 bits per heavy atom. The van der Waals surface area contributed by atoms with Crippen molar-refractivity contribution < 1.29 is 32.3 Å². The third-order valence-corrected chi connectivity index (χ3v) is 5.64. The van der Waals surface area contributed by atoms with E-state index >= 15 is 0 Å². The summed E-state index contributed by atoms with van der Waals surface area (Å²) in [6, 6.07) is 12.6. The van der Waals surface area contributed by atoms with Gasteiger partial charge in [0.1, 0.15) is 18.2 Å². The Morgan fingerprint density at radius 2 is 1.97 bits per heavy atom. The first-order valence-electron chi connectivity index (χ1n) is 10.1. The average molecular weight is 467 g/mol. The van der Waals surface area contributed by atoms with E-state index in [0.717, 1.165) is 29.0 Å². The van der Waals surface area contributed by atoms with Crippen LogP contribution < -0.4 is 4.90 Å². The van der Waals surface area contributed by atoms with E-state index in [4.69, 9.17) is 10.00 Å². The second kappa shape index (κ2) is 8.56. The number of allylic oxidation sites excluding steroid dienone is 1. The van der Waals surface area contributed by atoms with Crippen LogP contribution in [0.1, 0.15) is 35.6 Å². The summed E-state index contributed by atoms with van der Waals surface area (Å²) in [7, 11) is 1.13. The number of nitrogens with zero attached hydrogens (tertiary/aromatic N) is 3. The van der Waals surface area contributed by atoms with Crippen LogP contribution in [0.3, 0.4) is 0 Å². The largest absolute Gasteiger partial charge is 0.468 e. The third-order valence-electron chi connectivity index (χ3n) is 5.64. The van der Waals surface area contributed by atoms with Gasteiger partial charge < -0.3 is 9.64 Å². The lowest BCUT2D eigenvalue weighted by Gasteiger charge is -2.41. The molecule has 2 amide bonds. The Bertz CT molecular complexity index is 1250. The number of amides is 2. The number of carbonyl (C=O) groups excluding carboxylic acids is 3. The maximum absolute atomic E-state index is 13.6. The molecule has 0 saturated carbocycles. The predicted molar refractivity (Wildman–Crippen MR) is 111 cm³/mol. The molecule has 0 bridgehead atoms. The predicted octanol–water partition coefficient (Wildman–Crippen LogP) is 3.95. The zero-order chi connectivity index (χ0) is 24.6. The van der Waals surface area contributed by atoms with Crippen LogP contribution >= 0.6 is 0 Å². The highest BCUT2D eigenvalue weighted by Gasteiger charge is 2.47. The van der Waals surface area contributed by atoms with Crippen LogP contribution in [-0.2, 0) is 20.5 Å². The van der Waals surface area contributed by atoms with Gasteiger partial charge in [0.05, 0.1) is 24.4 Å². The normalized spacial score (nSPS) is 17.9. The number of rotatable bonds is 4. The molecule has 2 aliphatic rings. The Morgan fingerprint density at radius 3 is 2.59 bits per heavy atom. The number of urea groups is 1. The van der Waals surface area contributed by atoms with Gasteiger partial charge in [0.25, 0.3) is 0 Å². The number of benzene rings is 1. The quantitative estimate of drug-likeness (QED) is 0.635. The fraction of sp³-hybridized carbons (Fsp3) is 0.250. The summed E-state index contributed by atoms with van der Waals surface area (Å²) in [5.41, 5.74) is -0.106. The van der Waals surface area contributed by atoms with E-state index in [1.165, 1.54) is 24.3 Å². The Kier molecular flexibility index (Phi) is 5.76. The molecular weight excluding hydrogens is 451 g/mol. The molecule has 0 radical (unpaired) electrons. The monoisotopic (exact) mass is 467 g/mol. The van der Waals surface area contributed by atoms with E-state index in [1.807, 2.05) is 6.07 Å². The molecule has 0 spiro atoms. The molecule has 1 atom stereocenters. The molecule has 1 heterocycles. The van der Waals surface area contributed by atoms with Crippen LogP contribution in [0.15, 0.2) is 47.7 Å². The van der Waals surface area contributed by atoms with Crippen LogP contribution in [0.5, 0.6) is 0 Å². The van der Waals surface area contributed by atoms with Crippen molar-refractivity contribution in [3.8, 4) is 6.07 Å². The number of hydrogen-bond acceptors (Lipinski definition) is 5. The Balaban J connectivity index is 1.90. The van der Waals surface area contributed by atoms with E-state index in [2.05, 4.69) is 12.1 Å². The first-order chi connectivity index (χ1) is 16.2. The molecule has 0 saturated heterocycles. The van der Waals surface area contributed by atoms with Gasteiger partial charge in [0, 0.05) is 23.3 Å². The van der Waals surface area contributed by atoms with Crippen LogP contribution in [0, 0.1) is 23.5 Å². The molecule has 1 unspecified atom stereocenters. The molecule has 1 aliphatic heterocycles. The fourth-order valence-electron chi connectivity index (χ4n) is 4.11. The average Bonchev–Trinajstić information content (AvgIpc) is 3.19. The number of halogens is 3. The van der Waals surface area contributed by atoms with Crippen molar-refractivity contribution in [3.05, 3.63) is 76.5 Å². The smallest absolute Gasteiger partial charge is 0.416 e. The first-order valence-corrected chi connectivity index (χ1v) is 10.1. The number of methoxy groups -OCH3 is 1. The summed E-state index contributed by atoms with van der Waals surface area (Å²) < 4.78 is 44.7. The topological polar surface area (TPSA) is 90.7 Å². The molecule has 0 N–H and O–H groups in total. The molecule has 0 fully saturated rings. The zero-order valence-electron chi connectivity index (χ0n) is 17.8. The van der Waals surface area contributed by atoms with Gasteiger partial charge in [-0.05, 0) is 36.8 Å². The first kappa shape index (κ1) is 22.9. The maximum atomic E-state index is 13.6. The van der Waals surface area contributed by atoms with Crippen molar-refractivity contribution in [2.45, 2.75) is 25.1 Å². The van der Waals surface area contributed by atoms with Gasteiger partial charge in [-0.3, -0.25) is 14.5 Å². The van der Waals surface area contributed by atoms with Gasteiger partial charge in [-0.15, -0.1) is 0 Å². The lowest BCUT2D eigenvalue weighted by Crippen LogP contribution is -2.51. The SMILES string of the molecule is COC(=O)CN1C(=O)N(c2cccc(C(F)(F)F)c2)C2=C(C(=O)CC2)C1c1c#cc(C#N)cc1. The van der Waals surface area contributed by atoms with Crippen molar-refractivity contribution in [1.82, 2.24) is 4.90 Å². The molecule has 4 rings (SSSR count). The van der Waals surface area contributed by atoms with Crippen molar-refractivity contribution >= 4 is 23.5 Å². The summed E-state index contributed by atoms with van der Waals surface area (Å²) in [6.07, 6.45) is -4.45. The molecule has 2 aromatic carbocycles. The lowest BCUT2D eigenvalue weighted by molar-refractivity contribution is -0.141.